The molecule has 1 heterocycles. The Hall–Kier alpha value is -1.85. The van der Waals surface area contributed by atoms with E-state index >= 15 is 0 Å². The predicted octanol–water partition coefficient (Wildman–Crippen LogP) is 1.89. The average Bonchev–Trinajstić information content (AvgIpc) is 2.64. The molecule has 6 nitrogen and oxygen atoms in total. The second-order valence-electron chi connectivity index (χ2n) is 5.68. The number of allylic oxidation sites excluding steroid dienone is 1. The fourth-order valence-corrected chi connectivity index (χ4v) is 2.09. The van der Waals surface area contributed by atoms with Crippen molar-refractivity contribution in [2.75, 3.05) is 7.11 Å². The Balaban J connectivity index is 2.98. The fourth-order valence-electron chi connectivity index (χ4n) is 2.09. The second-order valence-corrected chi connectivity index (χ2v) is 5.68. The molecule has 0 saturated carbocycles. The minimum Gasteiger partial charge on any atom is -0.467 e. The minimum atomic E-state index is -0.924. The van der Waals surface area contributed by atoms with Crippen molar-refractivity contribution in [2.45, 2.75) is 45.3 Å². The Morgan fingerprint density at radius 3 is 2.50 bits per heavy atom. The van der Waals surface area contributed by atoms with Crippen molar-refractivity contribution in [3.05, 3.63) is 12.7 Å². The number of nitrogens with zero attached hydrogens (tertiary/aromatic N) is 1. The highest BCUT2D eigenvalue weighted by atomic mass is 16.6. The van der Waals surface area contributed by atoms with Gasteiger partial charge in [0.2, 0.25) is 5.91 Å². The lowest BCUT2D eigenvalue weighted by atomic mass is 10.0. The van der Waals surface area contributed by atoms with Crippen LogP contribution in [0.15, 0.2) is 12.7 Å². The van der Waals surface area contributed by atoms with Crippen LogP contribution >= 0.6 is 0 Å². The molecule has 0 bridgehead atoms. The molecule has 2 amide bonds. The first kappa shape index (κ1) is 16.2. The van der Waals surface area contributed by atoms with Crippen LogP contribution in [-0.4, -0.2) is 41.6 Å². The fraction of sp³-hybridized carbons (Fsp3) is 0.643. The van der Waals surface area contributed by atoms with Crippen LogP contribution in [0.2, 0.25) is 0 Å². The van der Waals surface area contributed by atoms with Crippen LogP contribution < -0.4 is 0 Å². The number of likely N-dealkylation sites (tertiary alicyclic amines) is 1. The lowest BCUT2D eigenvalue weighted by molar-refractivity contribution is -0.148. The van der Waals surface area contributed by atoms with Crippen molar-refractivity contribution < 1.29 is 23.9 Å². The zero-order valence-corrected chi connectivity index (χ0v) is 12.3. The van der Waals surface area contributed by atoms with Crippen molar-refractivity contribution in [3.63, 3.8) is 0 Å². The van der Waals surface area contributed by atoms with Crippen molar-refractivity contribution in [3.8, 4) is 0 Å². The summed E-state index contributed by atoms with van der Waals surface area (Å²) in [5.74, 6) is -1.48. The number of methoxy groups -OCH3 is 1. The minimum absolute atomic E-state index is 0.233. The van der Waals surface area contributed by atoms with Crippen LogP contribution in [0.5, 0.6) is 0 Å². The van der Waals surface area contributed by atoms with E-state index in [4.69, 9.17) is 4.74 Å². The highest BCUT2D eigenvalue weighted by Crippen LogP contribution is 2.29. The van der Waals surface area contributed by atoms with Gasteiger partial charge in [-0.3, -0.25) is 4.79 Å². The molecule has 20 heavy (non-hydrogen) atoms. The molecular weight excluding hydrogens is 262 g/mol. The molecule has 0 radical (unpaired) electrons. The van der Waals surface area contributed by atoms with E-state index in [0.29, 0.717) is 6.42 Å². The van der Waals surface area contributed by atoms with Gasteiger partial charge in [0.1, 0.15) is 11.6 Å². The van der Waals surface area contributed by atoms with E-state index in [2.05, 4.69) is 11.3 Å². The van der Waals surface area contributed by atoms with E-state index < -0.39 is 35.5 Å². The number of amides is 2. The quantitative estimate of drug-likeness (QED) is 0.584. The SMILES string of the molecule is C=CCC1C[C@@H](C(=O)OC)N(C(=O)OC(C)(C)C)C1=O. The average molecular weight is 283 g/mol. The third-order valence-corrected chi connectivity index (χ3v) is 2.92. The molecule has 0 N–H and O–H groups in total. The Labute approximate surface area is 118 Å². The lowest BCUT2D eigenvalue weighted by Crippen LogP contribution is -2.46. The van der Waals surface area contributed by atoms with E-state index in [1.807, 2.05) is 0 Å². The van der Waals surface area contributed by atoms with Crippen LogP contribution in [0.4, 0.5) is 4.79 Å². The molecule has 0 spiro atoms. The van der Waals surface area contributed by atoms with Gasteiger partial charge < -0.3 is 9.47 Å². The molecule has 1 aliphatic heterocycles. The van der Waals surface area contributed by atoms with E-state index in [1.165, 1.54) is 7.11 Å². The number of ether oxygens (including phenoxy) is 2. The summed E-state index contributed by atoms with van der Waals surface area (Å²) in [5.41, 5.74) is -0.742. The summed E-state index contributed by atoms with van der Waals surface area (Å²) < 4.78 is 9.83. The molecule has 1 aliphatic rings. The van der Waals surface area contributed by atoms with Gasteiger partial charge in [0.05, 0.1) is 7.11 Å². The third-order valence-electron chi connectivity index (χ3n) is 2.92. The molecule has 1 fully saturated rings. The van der Waals surface area contributed by atoms with Gasteiger partial charge in [-0.05, 0) is 33.6 Å². The lowest BCUT2D eigenvalue weighted by Gasteiger charge is -2.26. The summed E-state index contributed by atoms with van der Waals surface area (Å²) in [5, 5.41) is 0. The Bertz CT molecular complexity index is 424. The number of carbonyl (C=O) groups excluding carboxylic acids is 3. The van der Waals surface area contributed by atoms with E-state index in [9.17, 15) is 14.4 Å². The first-order valence-corrected chi connectivity index (χ1v) is 6.46. The smallest absolute Gasteiger partial charge is 0.417 e. The molecular formula is C14H21NO5. The van der Waals surface area contributed by atoms with Crippen LogP contribution in [0.25, 0.3) is 0 Å². The second kappa shape index (κ2) is 6.07. The van der Waals surface area contributed by atoms with Gasteiger partial charge in [0.25, 0.3) is 0 Å². The molecule has 6 heteroatoms. The number of hydrogen-bond acceptors (Lipinski definition) is 5. The number of rotatable bonds is 3. The highest BCUT2D eigenvalue weighted by Gasteiger charge is 2.48. The van der Waals surface area contributed by atoms with E-state index in [-0.39, 0.29) is 6.42 Å². The monoisotopic (exact) mass is 283 g/mol. The van der Waals surface area contributed by atoms with Crippen molar-refractivity contribution in [1.82, 2.24) is 4.90 Å². The summed E-state index contributed by atoms with van der Waals surface area (Å²) in [6.07, 6.45) is 1.42. The number of carbonyl (C=O) groups is 3. The summed E-state index contributed by atoms with van der Waals surface area (Å²) in [6, 6.07) is -0.924. The topological polar surface area (TPSA) is 72.9 Å². The van der Waals surface area contributed by atoms with Crippen LogP contribution in [0.3, 0.4) is 0 Å². The molecule has 0 aromatic heterocycles. The highest BCUT2D eigenvalue weighted by molar-refractivity contribution is 6.00. The largest absolute Gasteiger partial charge is 0.467 e. The van der Waals surface area contributed by atoms with Gasteiger partial charge in [-0.1, -0.05) is 6.08 Å². The zero-order chi connectivity index (χ0) is 15.5. The first-order chi connectivity index (χ1) is 9.21. The van der Waals surface area contributed by atoms with Crippen molar-refractivity contribution in [1.29, 1.82) is 0 Å². The molecule has 1 saturated heterocycles. The Morgan fingerprint density at radius 2 is 2.05 bits per heavy atom. The normalized spacial score (nSPS) is 22.6. The molecule has 0 aromatic carbocycles. The van der Waals surface area contributed by atoms with Crippen LogP contribution in [-0.2, 0) is 19.1 Å². The Kier molecular flexibility index (Phi) is 4.92. The molecule has 112 valence electrons. The van der Waals surface area contributed by atoms with Gasteiger partial charge in [-0.25, -0.2) is 14.5 Å². The predicted molar refractivity (Wildman–Crippen MR) is 71.8 cm³/mol. The zero-order valence-electron chi connectivity index (χ0n) is 12.3. The number of hydrogen-bond donors (Lipinski definition) is 0. The van der Waals surface area contributed by atoms with E-state index in [1.54, 1.807) is 26.8 Å². The molecule has 0 aliphatic carbocycles. The molecule has 1 rings (SSSR count). The van der Waals surface area contributed by atoms with Gasteiger partial charge in [-0.15, -0.1) is 6.58 Å². The first-order valence-electron chi connectivity index (χ1n) is 6.46. The summed E-state index contributed by atoms with van der Waals surface area (Å²) in [7, 11) is 1.22. The van der Waals surface area contributed by atoms with Crippen LogP contribution in [0, 0.1) is 5.92 Å². The molecule has 2 atom stereocenters. The Morgan fingerprint density at radius 1 is 1.45 bits per heavy atom. The molecule has 0 aromatic rings. The van der Waals surface area contributed by atoms with E-state index in [0.717, 1.165) is 4.90 Å². The van der Waals surface area contributed by atoms with Gasteiger partial charge in [0, 0.05) is 5.92 Å². The van der Waals surface area contributed by atoms with Crippen LogP contribution in [0.1, 0.15) is 33.6 Å². The number of esters is 1. The summed E-state index contributed by atoms with van der Waals surface area (Å²) in [6.45, 7) is 8.66. The standard InChI is InChI=1S/C14H21NO5/c1-6-7-9-8-10(12(17)19-5)15(11(9)16)13(18)20-14(2,3)4/h6,9-10H,1,7-8H2,2-5H3/t9?,10-/m0/s1. The number of imide groups is 1. The van der Waals surface area contributed by atoms with Crippen molar-refractivity contribution >= 4 is 18.0 Å². The van der Waals surface area contributed by atoms with Crippen molar-refractivity contribution in [2.24, 2.45) is 5.92 Å². The molecule has 1 unspecified atom stereocenters. The summed E-state index contributed by atoms with van der Waals surface area (Å²) >= 11 is 0. The maximum absolute atomic E-state index is 12.2. The summed E-state index contributed by atoms with van der Waals surface area (Å²) in [4.78, 5) is 36.9. The van der Waals surface area contributed by atoms with Gasteiger partial charge >= 0.3 is 12.1 Å². The maximum atomic E-state index is 12.2. The van der Waals surface area contributed by atoms with Gasteiger partial charge in [0.15, 0.2) is 0 Å². The van der Waals surface area contributed by atoms with Gasteiger partial charge in [-0.2, -0.15) is 0 Å². The maximum Gasteiger partial charge on any atom is 0.417 e. The third kappa shape index (κ3) is 3.59.